The Morgan fingerprint density at radius 3 is 2.46 bits per heavy atom. The molecule has 0 heterocycles. The molecule has 0 atom stereocenters. The summed E-state index contributed by atoms with van der Waals surface area (Å²) < 4.78 is 0. The van der Waals surface area contributed by atoms with E-state index in [4.69, 9.17) is 34.8 Å². The molecule has 1 amide bonds. The van der Waals surface area contributed by atoms with Crippen LogP contribution in [0.1, 0.15) is 0 Å². The molecular weight excluding hydrogens is 385 g/mol. The maximum absolute atomic E-state index is 12.2. The molecule has 0 aliphatic heterocycles. The van der Waals surface area contributed by atoms with E-state index in [-0.39, 0.29) is 11.7 Å². The first-order chi connectivity index (χ1) is 11.5. The SMILES string of the molecule is O=C(CSc1cccc2ccccc12)Nc1cc(Cl)c(Cl)cc1Cl. The molecule has 0 bridgehead atoms. The summed E-state index contributed by atoms with van der Waals surface area (Å²) in [6, 6.07) is 17.2. The number of amides is 1. The van der Waals surface area contributed by atoms with Gasteiger partial charge >= 0.3 is 0 Å². The average Bonchev–Trinajstić information content (AvgIpc) is 2.58. The largest absolute Gasteiger partial charge is 0.324 e. The highest BCUT2D eigenvalue weighted by Gasteiger charge is 2.10. The molecule has 122 valence electrons. The van der Waals surface area contributed by atoms with E-state index in [1.54, 1.807) is 6.07 Å². The molecule has 0 fully saturated rings. The monoisotopic (exact) mass is 395 g/mol. The predicted octanol–water partition coefficient (Wildman–Crippen LogP) is 6.53. The van der Waals surface area contributed by atoms with E-state index >= 15 is 0 Å². The molecule has 0 aliphatic carbocycles. The van der Waals surface area contributed by atoms with Gasteiger partial charge in [0, 0.05) is 4.90 Å². The van der Waals surface area contributed by atoms with E-state index in [1.807, 2.05) is 30.3 Å². The van der Waals surface area contributed by atoms with E-state index in [1.165, 1.54) is 17.8 Å². The number of nitrogens with one attached hydrogen (secondary N) is 1. The number of carbonyl (C=O) groups excluding carboxylic acids is 1. The summed E-state index contributed by atoms with van der Waals surface area (Å²) >= 11 is 19.4. The molecule has 0 spiro atoms. The summed E-state index contributed by atoms with van der Waals surface area (Å²) in [6.07, 6.45) is 0. The smallest absolute Gasteiger partial charge is 0.234 e. The minimum atomic E-state index is -0.159. The molecule has 3 aromatic carbocycles. The third-order valence-corrected chi connectivity index (χ3v) is 5.50. The molecule has 2 nitrogen and oxygen atoms in total. The molecule has 1 N–H and O–H groups in total. The number of benzene rings is 3. The van der Waals surface area contributed by atoms with E-state index in [0.29, 0.717) is 20.8 Å². The third kappa shape index (κ3) is 3.98. The van der Waals surface area contributed by atoms with Crippen LogP contribution in [0.25, 0.3) is 10.8 Å². The number of hydrogen-bond donors (Lipinski definition) is 1. The van der Waals surface area contributed by atoms with Crippen LogP contribution < -0.4 is 5.32 Å². The van der Waals surface area contributed by atoms with Gasteiger partial charge in [0.05, 0.1) is 26.5 Å². The van der Waals surface area contributed by atoms with Crippen LogP contribution >= 0.6 is 46.6 Å². The van der Waals surface area contributed by atoms with Gasteiger partial charge in [-0.2, -0.15) is 0 Å². The highest BCUT2D eigenvalue weighted by Crippen LogP contribution is 2.33. The summed E-state index contributed by atoms with van der Waals surface area (Å²) in [7, 11) is 0. The zero-order valence-corrected chi connectivity index (χ0v) is 15.4. The molecule has 0 radical (unpaired) electrons. The van der Waals surface area contributed by atoms with Crippen molar-refractivity contribution in [3.63, 3.8) is 0 Å². The van der Waals surface area contributed by atoms with Crippen molar-refractivity contribution in [2.45, 2.75) is 4.90 Å². The molecule has 0 aliphatic rings. The molecule has 6 heteroatoms. The van der Waals surface area contributed by atoms with Crippen molar-refractivity contribution in [1.82, 2.24) is 0 Å². The van der Waals surface area contributed by atoms with Gasteiger partial charge in [-0.05, 0) is 29.0 Å². The topological polar surface area (TPSA) is 29.1 Å². The Balaban J connectivity index is 1.71. The summed E-state index contributed by atoms with van der Waals surface area (Å²) in [6.45, 7) is 0. The van der Waals surface area contributed by atoms with Crippen molar-refractivity contribution >= 4 is 68.9 Å². The molecule has 0 unspecified atom stereocenters. The van der Waals surface area contributed by atoms with Crippen molar-refractivity contribution in [2.24, 2.45) is 0 Å². The predicted molar refractivity (Wildman–Crippen MR) is 105 cm³/mol. The Morgan fingerprint density at radius 2 is 1.62 bits per heavy atom. The van der Waals surface area contributed by atoms with Gasteiger partial charge in [-0.15, -0.1) is 11.8 Å². The van der Waals surface area contributed by atoms with Crippen molar-refractivity contribution in [3.8, 4) is 0 Å². The van der Waals surface area contributed by atoms with Gasteiger partial charge in [0.25, 0.3) is 0 Å². The van der Waals surface area contributed by atoms with E-state index < -0.39 is 0 Å². The lowest BCUT2D eigenvalue weighted by molar-refractivity contribution is -0.113. The highest BCUT2D eigenvalue weighted by atomic mass is 35.5. The number of hydrogen-bond acceptors (Lipinski definition) is 2. The van der Waals surface area contributed by atoms with Gasteiger partial charge in [-0.1, -0.05) is 71.2 Å². The van der Waals surface area contributed by atoms with E-state index in [0.717, 1.165) is 15.7 Å². The average molecular weight is 397 g/mol. The first kappa shape index (κ1) is 17.4. The molecule has 0 aromatic heterocycles. The van der Waals surface area contributed by atoms with Crippen LogP contribution in [-0.4, -0.2) is 11.7 Å². The van der Waals surface area contributed by atoms with Crippen LogP contribution in [0.2, 0.25) is 15.1 Å². The number of fused-ring (bicyclic) bond motifs is 1. The Bertz CT molecular complexity index is 909. The molecule has 3 aromatic rings. The lowest BCUT2D eigenvalue weighted by Crippen LogP contribution is -2.14. The van der Waals surface area contributed by atoms with E-state index in [9.17, 15) is 4.79 Å². The van der Waals surface area contributed by atoms with Crippen LogP contribution in [0.15, 0.2) is 59.5 Å². The minimum Gasteiger partial charge on any atom is -0.324 e. The zero-order valence-electron chi connectivity index (χ0n) is 12.4. The van der Waals surface area contributed by atoms with Gasteiger partial charge in [-0.3, -0.25) is 4.79 Å². The summed E-state index contributed by atoms with van der Waals surface area (Å²) in [5, 5.41) is 6.09. The number of halogens is 3. The fourth-order valence-corrected chi connectivity index (χ4v) is 3.74. The zero-order chi connectivity index (χ0) is 17.1. The van der Waals surface area contributed by atoms with Crippen LogP contribution in [0.3, 0.4) is 0 Å². The molecule has 0 saturated carbocycles. The van der Waals surface area contributed by atoms with Crippen molar-refractivity contribution in [3.05, 3.63) is 69.7 Å². The Morgan fingerprint density at radius 1 is 0.917 bits per heavy atom. The minimum absolute atomic E-state index is 0.159. The number of carbonyl (C=O) groups is 1. The standard InChI is InChI=1S/C18H12Cl3NOS/c19-13-8-15(21)16(9-14(13)20)22-18(23)10-24-17-7-3-5-11-4-1-2-6-12(11)17/h1-9H,10H2,(H,22,23). The molecule has 3 rings (SSSR count). The van der Waals surface area contributed by atoms with Gasteiger partial charge in [0.2, 0.25) is 5.91 Å². The van der Waals surface area contributed by atoms with Crippen LogP contribution in [0.4, 0.5) is 5.69 Å². The molecule has 24 heavy (non-hydrogen) atoms. The number of thioether (sulfide) groups is 1. The van der Waals surface area contributed by atoms with Gasteiger partial charge in [0.15, 0.2) is 0 Å². The first-order valence-corrected chi connectivity index (χ1v) is 9.21. The van der Waals surface area contributed by atoms with Crippen molar-refractivity contribution in [1.29, 1.82) is 0 Å². The number of anilines is 1. The lowest BCUT2D eigenvalue weighted by atomic mass is 10.1. The fourth-order valence-electron chi connectivity index (χ4n) is 2.27. The summed E-state index contributed by atoms with van der Waals surface area (Å²) in [5.41, 5.74) is 0.453. The van der Waals surface area contributed by atoms with E-state index in [2.05, 4.69) is 17.4 Å². The van der Waals surface area contributed by atoms with Crippen LogP contribution in [-0.2, 0) is 4.79 Å². The Kier molecular flexibility index (Phi) is 5.57. The van der Waals surface area contributed by atoms with Gasteiger partial charge < -0.3 is 5.32 Å². The first-order valence-electron chi connectivity index (χ1n) is 7.09. The number of rotatable bonds is 4. The quantitative estimate of drug-likeness (QED) is 0.401. The second kappa shape index (κ2) is 7.66. The van der Waals surface area contributed by atoms with Crippen molar-refractivity contribution in [2.75, 3.05) is 11.1 Å². The normalized spacial score (nSPS) is 10.8. The Hall–Kier alpha value is -1.39. The van der Waals surface area contributed by atoms with Crippen molar-refractivity contribution < 1.29 is 4.79 Å². The lowest BCUT2D eigenvalue weighted by Gasteiger charge is -2.09. The maximum Gasteiger partial charge on any atom is 0.234 e. The van der Waals surface area contributed by atoms with Gasteiger partial charge in [0.1, 0.15) is 0 Å². The Labute approximate surface area is 159 Å². The molecule has 0 saturated heterocycles. The van der Waals surface area contributed by atoms with Gasteiger partial charge in [-0.25, -0.2) is 0 Å². The maximum atomic E-state index is 12.2. The third-order valence-electron chi connectivity index (χ3n) is 3.39. The van der Waals surface area contributed by atoms with Crippen LogP contribution in [0.5, 0.6) is 0 Å². The second-order valence-corrected chi connectivity index (χ2v) is 7.30. The molecular formula is C18H12Cl3NOS. The summed E-state index contributed by atoms with van der Waals surface area (Å²) in [5.74, 6) is 0.109. The summed E-state index contributed by atoms with van der Waals surface area (Å²) in [4.78, 5) is 13.3. The van der Waals surface area contributed by atoms with Crippen LogP contribution in [0, 0.1) is 0 Å². The fraction of sp³-hybridized carbons (Fsp3) is 0.0556. The highest BCUT2D eigenvalue weighted by molar-refractivity contribution is 8.00. The second-order valence-electron chi connectivity index (χ2n) is 5.06.